The van der Waals surface area contributed by atoms with Crippen molar-refractivity contribution in [2.75, 3.05) is 38.4 Å². The largest absolute Gasteiger partial charge is 0.509 e. The van der Waals surface area contributed by atoms with Crippen LogP contribution in [0, 0.1) is 16.7 Å². The van der Waals surface area contributed by atoms with E-state index in [2.05, 4.69) is 5.32 Å². The Balaban J connectivity index is 1.79. The molecule has 3 aliphatic carbocycles. The number of para-hydroxylation sites is 1. The number of carbonyl (C=O) groups is 3. The maximum Gasteiger partial charge on any atom is 0.255 e. The van der Waals surface area contributed by atoms with E-state index in [1.807, 2.05) is 30.3 Å². The number of primary amides is 1. The first kappa shape index (κ1) is 30.6. The van der Waals surface area contributed by atoms with Crippen molar-refractivity contribution in [2.45, 2.75) is 36.5 Å². The molecule has 0 bridgehead atoms. The number of phenolic OH excluding ortho intramolecular Hbond substituents is 1. The van der Waals surface area contributed by atoms with Gasteiger partial charge in [-0.1, -0.05) is 18.2 Å². The van der Waals surface area contributed by atoms with Crippen LogP contribution in [0.2, 0.25) is 0 Å². The molecule has 0 radical (unpaired) electrons. The summed E-state index contributed by atoms with van der Waals surface area (Å²) in [6.07, 6.45) is -0.559. The van der Waals surface area contributed by atoms with Gasteiger partial charge in [0.05, 0.1) is 34.3 Å². The van der Waals surface area contributed by atoms with Crippen LogP contribution in [-0.2, 0) is 27.3 Å². The minimum atomic E-state index is -2.71. The predicted molar refractivity (Wildman–Crippen MR) is 162 cm³/mol. The molecule has 0 saturated heterocycles. The fraction of sp³-hybridized carbons (Fsp3) is 0.355. The van der Waals surface area contributed by atoms with E-state index in [1.165, 1.54) is 19.0 Å². The Morgan fingerprint density at radius 1 is 1.11 bits per heavy atom. The van der Waals surface area contributed by atoms with E-state index in [0.717, 1.165) is 5.69 Å². The highest BCUT2D eigenvalue weighted by atomic mass is 16.3. The molecule has 13 nitrogen and oxygen atoms in total. The van der Waals surface area contributed by atoms with Gasteiger partial charge in [0.2, 0.25) is 0 Å². The molecule has 4 atom stereocenters. The third kappa shape index (κ3) is 3.92. The van der Waals surface area contributed by atoms with Crippen molar-refractivity contribution in [2.24, 2.45) is 22.6 Å². The lowest BCUT2D eigenvalue weighted by Crippen LogP contribution is -2.80. The summed E-state index contributed by atoms with van der Waals surface area (Å²) < 4.78 is 0. The van der Waals surface area contributed by atoms with Gasteiger partial charge >= 0.3 is 0 Å². The Morgan fingerprint density at radius 2 is 1.75 bits per heavy atom. The first-order valence-electron chi connectivity index (χ1n) is 13.8. The van der Waals surface area contributed by atoms with E-state index in [0.29, 0.717) is 16.8 Å². The van der Waals surface area contributed by atoms with Crippen LogP contribution in [0.4, 0.5) is 11.4 Å². The van der Waals surface area contributed by atoms with Crippen molar-refractivity contribution < 1.29 is 29.7 Å². The number of hydrogen-bond acceptors (Lipinski definition) is 12. The number of hydrogen-bond donors (Lipinski definition) is 7. The standard InChI is InChI=1S/C31H35N7O6/c1-37(2)18-10-15(12-36-16-8-6-5-7-9-16)22(39)19-17(18)11-29(34)13-31(35)25(38(3)4)24(41)20(28(33)44)26(42)30(31,14-32)27(43)21(29)23(19)40/h5-10,25,36,39-40,42H,11-13,34-35H2,1-4H3,(H2,33,44)/t25-,29-,30+,31-/m1/s1. The third-order valence-electron chi connectivity index (χ3n) is 9.04. The Morgan fingerprint density at radius 3 is 2.30 bits per heavy atom. The number of ketones is 2. The number of Topliss-reactive ketones (excluding diaryl/α,β-unsaturated/α-hetero) is 2. The molecule has 0 heterocycles. The number of nitrogens with one attached hydrogen (secondary N) is 1. The smallest absolute Gasteiger partial charge is 0.255 e. The van der Waals surface area contributed by atoms with E-state index in [1.54, 1.807) is 31.1 Å². The molecule has 44 heavy (non-hydrogen) atoms. The van der Waals surface area contributed by atoms with Crippen molar-refractivity contribution in [3.63, 3.8) is 0 Å². The molecule has 10 N–H and O–H groups in total. The Kier molecular flexibility index (Phi) is 7.01. The van der Waals surface area contributed by atoms with Crippen LogP contribution < -0.4 is 27.4 Å². The topological polar surface area (TPSA) is 232 Å². The molecule has 0 unspecified atom stereocenters. The number of nitrogens with zero attached hydrogens (tertiary/aromatic N) is 3. The second kappa shape index (κ2) is 10.1. The highest BCUT2D eigenvalue weighted by molar-refractivity contribution is 6.25. The van der Waals surface area contributed by atoms with Gasteiger partial charge in [-0.2, -0.15) is 5.26 Å². The number of anilines is 2. The summed E-state index contributed by atoms with van der Waals surface area (Å²) in [5.41, 5.74) is 13.4. The summed E-state index contributed by atoms with van der Waals surface area (Å²) in [5.74, 6) is -5.68. The average molecular weight is 602 g/mol. The van der Waals surface area contributed by atoms with Crippen molar-refractivity contribution in [3.8, 4) is 11.8 Å². The fourth-order valence-corrected chi connectivity index (χ4v) is 7.22. The Hall–Kier alpha value is -4.90. The van der Waals surface area contributed by atoms with Crippen LogP contribution in [-0.4, -0.2) is 83.0 Å². The molecule has 0 spiro atoms. The second-order valence-corrected chi connectivity index (χ2v) is 12.2. The van der Waals surface area contributed by atoms with Gasteiger partial charge in [-0.3, -0.25) is 19.3 Å². The molecule has 1 saturated carbocycles. The number of benzene rings is 2. The molecule has 1 fully saturated rings. The SMILES string of the molecule is CN(C)c1cc(CNc2ccccc2)c(O)c2c1C[C@@]1(N)C[C@@]3(N)[C@H](N(C)C)C(=O)C(C(N)=O)=C(O)[C@@]3(C#N)C(=O)C1=C2O. The van der Waals surface area contributed by atoms with E-state index in [9.17, 15) is 35.0 Å². The molecular formula is C31H35N7O6. The van der Waals surface area contributed by atoms with Crippen molar-refractivity contribution in [1.29, 1.82) is 5.26 Å². The van der Waals surface area contributed by atoms with Crippen LogP contribution >= 0.6 is 0 Å². The second-order valence-electron chi connectivity index (χ2n) is 12.2. The van der Waals surface area contributed by atoms with Crippen LogP contribution in [0.1, 0.15) is 23.1 Å². The quantitative estimate of drug-likeness (QED) is 0.225. The number of aromatic hydroxyl groups is 1. The summed E-state index contributed by atoms with van der Waals surface area (Å²) in [4.78, 5) is 43.6. The van der Waals surface area contributed by atoms with E-state index in [4.69, 9.17) is 17.2 Å². The molecule has 5 rings (SSSR count). The van der Waals surface area contributed by atoms with Crippen molar-refractivity contribution in [3.05, 3.63) is 70.0 Å². The lowest BCUT2D eigenvalue weighted by Gasteiger charge is -2.58. The molecule has 1 amide bonds. The highest BCUT2D eigenvalue weighted by Gasteiger charge is 2.74. The minimum absolute atomic E-state index is 0.0577. The van der Waals surface area contributed by atoms with Gasteiger partial charge in [0.1, 0.15) is 22.8 Å². The Bertz CT molecular complexity index is 1730. The highest BCUT2D eigenvalue weighted by Crippen LogP contribution is 2.59. The van der Waals surface area contributed by atoms with Crippen molar-refractivity contribution >= 4 is 34.6 Å². The molecule has 13 heteroatoms. The van der Waals surface area contributed by atoms with E-state index in [-0.39, 0.29) is 24.3 Å². The van der Waals surface area contributed by atoms with Gasteiger partial charge in [0, 0.05) is 37.6 Å². The average Bonchev–Trinajstić information content (AvgIpc) is 2.92. The predicted octanol–water partition coefficient (Wildman–Crippen LogP) is 0.584. The van der Waals surface area contributed by atoms with Crippen LogP contribution in [0.5, 0.6) is 5.75 Å². The van der Waals surface area contributed by atoms with Gasteiger partial charge in [-0.25, -0.2) is 0 Å². The van der Waals surface area contributed by atoms with Gasteiger partial charge < -0.3 is 42.7 Å². The maximum atomic E-state index is 14.6. The lowest BCUT2D eigenvalue weighted by atomic mass is 9.47. The zero-order valence-corrected chi connectivity index (χ0v) is 24.8. The molecule has 0 aliphatic heterocycles. The van der Waals surface area contributed by atoms with Crippen LogP contribution in [0.3, 0.4) is 0 Å². The number of fused-ring (bicyclic) bond motifs is 3. The molecule has 0 aromatic heterocycles. The lowest BCUT2D eigenvalue weighted by molar-refractivity contribution is -0.139. The van der Waals surface area contributed by atoms with Crippen molar-refractivity contribution in [1.82, 2.24) is 4.90 Å². The van der Waals surface area contributed by atoms with Gasteiger partial charge in [-0.15, -0.1) is 0 Å². The van der Waals surface area contributed by atoms with Crippen LogP contribution in [0.25, 0.3) is 5.76 Å². The summed E-state index contributed by atoms with van der Waals surface area (Å²) >= 11 is 0. The molecular weight excluding hydrogens is 566 g/mol. The Labute approximate surface area is 253 Å². The van der Waals surface area contributed by atoms with Gasteiger partial charge in [-0.05, 0) is 50.7 Å². The number of nitriles is 1. The van der Waals surface area contributed by atoms with Gasteiger partial charge in [0.25, 0.3) is 5.91 Å². The van der Waals surface area contributed by atoms with E-state index >= 15 is 0 Å². The number of carbonyl (C=O) groups excluding carboxylic acids is 3. The molecule has 2 aromatic rings. The normalized spacial score (nSPS) is 27.8. The number of likely N-dealkylation sites (N-methyl/N-ethyl adjacent to an activating group) is 1. The fourth-order valence-electron chi connectivity index (χ4n) is 7.22. The zero-order valence-electron chi connectivity index (χ0n) is 24.8. The molecule has 230 valence electrons. The summed E-state index contributed by atoms with van der Waals surface area (Å²) in [6.45, 7) is 0.153. The molecule has 2 aromatic carbocycles. The number of rotatable bonds is 6. The third-order valence-corrected chi connectivity index (χ3v) is 9.04. The number of nitrogens with two attached hydrogens (primary N) is 3. The summed E-state index contributed by atoms with van der Waals surface area (Å²) in [7, 11) is 6.49. The number of amides is 1. The van der Waals surface area contributed by atoms with E-state index < -0.39 is 69.1 Å². The summed E-state index contributed by atoms with van der Waals surface area (Å²) in [6, 6.07) is 11.3. The number of aliphatic hydroxyl groups excluding tert-OH is 2. The first-order valence-corrected chi connectivity index (χ1v) is 13.8. The molecule has 3 aliphatic rings. The number of aliphatic hydroxyl groups is 2. The monoisotopic (exact) mass is 601 g/mol. The first-order chi connectivity index (χ1) is 20.6. The van der Waals surface area contributed by atoms with Gasteiger partial charge in [0.15, 0.2) is 17.0 Å². The minimum Gasteiger partial charge on any atom is -0.509 e. The number of phenols is 1. The maximum absolute atomic E-state index is 14.6. The van der Waals surface area contributed by atoms with Crippen LogP contribution in [0.15, 0.2) is 53.3 Å². The zero-order chi connectivity index (χ0) is 32.5. The summed E-state index contributed by atoms with van der Waals surface area (Å²) in [5, 5.41) is 48.5.